The number of halogens is 2. The lowest BCUT2D eigenvalue weighted by Crippen LogP contribution is -2.35. The molecule has 2 aromatic carbocycles. The van der Waals surface area contributed by atoms with Crippen LogP contribution in [0.25, 0.3) is 0 Å². The minimum atomic E-state index is -0.389. The second-order valence-electron chi connectivity index (χ2n) is 6.53. The summed E-state index contributed by atoms with van der Waals surface area (Å²) >= 11 is 5.88. The van der Waals surface area contributed by atoms with Gasteiger partial charge in [-0.2, -0.15) is 0 Å². The number of aliphatic hydroxyl groups is 1. The molecular formula is C20H24Cl2N2O3. The number of rotatable bonds is 7. The fraction of sp³-hybridized carbons (Fsp3) is 0.350. The second kappa shape index (κ2) is 10.5. The first kappa shape index (κ1) is 21.5. The Labute approximate surface area is 170 Å². The first-order chi connectivity index (χ1) is 12.6. The van der Waals surface area contributed by atoms with Crippen molar-refractivity contribution in [3.63, 3.8) is 0 Å². The van der Waals surface area contributed by atoms with Crippen LogP contribution in [0.3, 0.4) is 0 Å². The monoisotopic (exact) mass is 410 g/mol. The van der Waals surface area contributed by atoms with Crippen molar-refractivity contribution in [3.05, 3.63) is 64.7 Å². The van der Waals surface area contributed by atoms with Crippen molar-refractivity contribution in [1.29, 1.82) is 0 Å². The van der Waals surface area contributed by atoms with Crippen molar-refractivity contribution in [3.8, 4) is 5.75 Å². The summed E-state index contributed by atoms with van der Waals surface area (Å²) in [5.41, 5.74) is 1.92. The highest BCUT2D eigenvalue weighted by Gasteiger charge is 2.24. The Morgan fingerprint density at radius 2 is 1.96 bits per heavy atom. The first-order valence-corrected chi connectivity index (χ1v) is 9.09. The number of carbonyl (C=O) groups excluding carboxylic acids is 1. The molecule has 7 heteroatoms. The van der Waals surface area contributed by atoms with Crippen LogP contribution in [0.1, 0.15) is 11.1 Å². The highest BCUT2D eigenvalue weighted by atomic mass is 35.5. The highest BCUT2D eigenvalue weighted by Crippen LogP contribution is 2.17. The van der Waals surface area contributed by atoms with Gasteiger partial charge < -0.3 is 20.5 Å². The van der Waals surface area contributed by atoms with E-state index in [0.29, 0.717) is 24.7 Å². The van der Waals surface area contributed by atoms with E-state index < -0.39 is 0 Å². The van der Waals surface area contributed by atoms with Gasteiger partial charge in [0.1, 0.15) is 12.4 Å². The largest absolute Gasteiger partial charge is 0.489 e. The average Bonchev–Trinajstić information content (AvgIpc) is 3.05. The third-order valence-corrected chi connectivity index (χ3v) is 4.70. The van der Waals surface area contributed by atoms with Crippen molar-refractivity contribution in [2.24, 2.45) is 5.92 Å². The molecule has 3 rings (SSSR count). The zero-order valence-electron chi connectivity index (χ0n) is 14.9. The SMILES string of the molecule is Cl.O=C(Cc1cccc(OCc2ccc(Cl)cc2)c1)NCC1CNCC1O. The van der Waals surface area contributed by atoms with E-state index in [9.17, 15) is 9.90 Å². The summed E-state index contributed by atoms with van der Waals surface area (Å²) in [7, 11) is 0. The van der Waals surface area contributed by atoms with Crippen LogP contribution in [0.15, 0.2) is 48.5 Å². The van der Waals surface area contributed by atoms with E-state index in [4.69, 9.17) is 16.3 Å². The number of aliphatic hydroxyl groups excluding tert-OH is 1. The molecule has 27 heavy (non-hydrogen) atoms. The number of hydrogen-bond acceptors (Lipinski definition) is 4. The van der Waals surface area contributed by atoms with Crippen molar-refractivity contribution < 1.29 is 14.6 Å². The zero-order valence-corrected chi connectivity index (χ0v) is 16.4. The lowest BCUT2D eigenvalue weighted by atomic mass is 10.1. The van der Waals surface area contributed by atoms with Gasteiger partial charge in [-0.3, -0.25) is 4.79 Å². The van der Waals surface area contributed by atoms with Crippen LogP contribution >= 0.6 is 24.0 Å². The summed E-state index contributed by atoms with van der Waals surface area (Å²) in [5.74, 6) is 0.743. The maximum absolute atomic E-state index is 12.1. The van der Waals surface area contributed by atoms with E-state index in [1.165, 1.54) is 0 Å². The lowest BCUT2D eigenvalue weighted by Gasteiger charge is -2.14. The fourth-order valence-electron chi connectivity index (χ4n) is 2.91. The smallest absolute Gasteiger partial charge is 0.224 e. The molecule has 0 aromatic heterocycles. The van der Waals surface area contributed by atoms with Gasteiger partial charge >= 0.3 is 0 Å². The molecular weight excluding hydrogens is 387 g/mol. The number of nitrogens with one attached hydrogen (secondary N) is 2. The van der Waals surface area contributed by atoms with E-state index in [-0.39, 0.29) is 36.8 Å². The van der Waals surface area contributed by atoms with E-state index in [1.807, 2.05) is 48.5 Å². The molecule has 0 spiro atoms. The number of carbonyl (C=O) groups is 1. The molecule has 2 unspecified atom stereocenters. The minimum Gasteiger partial charge on any atom is -0.489 e. The summed E-state index contributed by atoms with van der Waals surface area (Å²) < 4.78 is 5.79. The van der Waals surface area contributed by atoms with Crippen LogP contribution in [-0.4, -0.2) is 36.8 Å². The van der Waals surface area contributed by atoms with Crippen LogP contribution in [-0.2, 0) is 17.8 Å². The Hall–Kier alpha value is -1.79. The molecule has 1 aliphatic rings. The van der Waals surface area contributed by atoms with Gasteiger partial charge in [0, 0.05) is 30.6 Å². The van der Waals surface area contributed by atoms with Gasteiger partial charge in [-0.05, 0) is 35.4 Å². The fourth-order valence-corrected chi connectivity index (χ4v) is 3.04. The van der Waals surface area contributed by atoms with E-state index in [2.05, 4.69) is 10.6 Å². The van der Waals surface area contributed by atoms with Crippen molar-refractivity contribution in [1.82, 2.24) is 10.6 Å². The normalized spacial score (nSPS) is 18.6. The van der Waals surface area contributed by atoms with Gasteiger partial charge in [0.15, 0.2) is 0 Å². The average molecular weight is 411 g/mol. The molecule has 2 aromatic rings. The number of β-amino-alcohol motifs (C(OH)–C–C–N with tert-alkyl or cyclic N) is 1. The van der Waals surface area contributed by atoms with Crippen LogP contribution in [0.2, 0.25) is 5.02 Å². The number of amides is 1. The van der Waals surface area contributed by atoms with E-state index in [1.54, 1.807) is 0 Å². The Morgan fingerprint density at radius 3 is 2.67 bits per heavy atom. The molecule has 5 nitrogen and oxygen atoms in total. The second-order valence-corrected chi connectivity index (χ2v) is 6.97. The topological polar surface area (TPSA) is 70.6 Å². The van der Waals surface area contributed by atoms with E-state index in [0.717, 1.165) is 23.4 Å². The first-order valence-electron chi connectivity index (χ1n) is 8.72. The third-order valence-electron chi connectivity index (χ3n) is 4.45. The summed E-state index contributed by atoms with van der Waals surface area (Å²) in [5, 5.41) is 16.5. The molecule has 1 saturated heterocycles. The summed E-state index contributed by atoms with van der Waals surface area (Å²) in [6.45, 7) is 2.25. The number of benzene rings is 2. The van der Waals surface area contributed by atoms with Crippen molar-refractivity contribution in [2.45, 2.75) is 19.1 Å². The van der Waals surface area contributed by atoms with Crippen LogP contribution in [0.4, 0.5) is 0 Å². The lowest BCUT2D eigenvalue weighted by molar-refractivity contribution is -0.120. The Kier molecular flexibility index (Phi) is 8.38. The molecule has 1 aliphatic heterocycles. The zero-order chi connectivity index (χ0) is 18.4. The quantitative estimate of drug-likeness (QED) is 0.655. The molecule has 0 bridgehead atoms. The minimum absolute atomic E-state index is 0. The Bertz CT molecular complexity index is 740. The molecule has 3 N–H and O–H groups in total. The summed E-state index contributed by atoms with van der Waals surface area (Å²) in [4.78, 5) is 12.1. The van der Waals surface area contributed by atoms with Gasteiger partial charge in [0.05, 0.1) is 12.5 Å². The maximum Gasteiger partial charge on any atom is 0.224 e. The van der Waals surface area contributed by atoms with Gasteiger partial charge in [-0.1, -0.05) is 35.9 Å². The van der Waals surface area contributed by atoms with Gasteiger partial charge in [0.2, 0.25) is 5.91 Å². The molecule has 1 amide bonds. The number of ether oxygens (including phenoxy) is 1. The maximum atomic E-state index is 12.1. The third kappa shape index (κ3) is 6.70. The number of hydrogen-bond donors (Lipinski definition) is 3. The Morgan fingerprint density at radius 1 is 1.19 bits per heavy atom. The molecule has 1 heterocycles. The van der Waals surface area contributed by atoms with Crippen LogP contribution in [0.5, 0.6) is 5.75 Å². The predicted molar refractivity (Wildman–Crippen MR) is 109 cm³/mol. The standard InChI is InChI=1S/C20H23ClN2O3.ClH/c21-17-6-4-14(5-7-17)13-26-18-3-1-2-15(8-18)9-20(25)23-11-16-10-22-12-19(16)24;/h1-8,16,19,22,24H,9-13H2,(H,23,25);1H. The van der Waals surface area contributed by atoms with Gasteiger partial charge in [-0.25, -0.2) is 0 Å². The molecule has 146 valence electrons. The molecule has 2 atom stereocenters. The molecule has 0 saturated carbocycles. The molecule has 1 fully saturated rings. The van der Waals surface area contributed by atoms with Crippen molar-refractivity contribution >= 4 is 29.9 Å². The molecule has 0 radical (unpaired) electrons. The van der Waals surface area contributed by atoms with Crippen LogP contribution in [0, 0.1) is 5.92 Å². The van der Waals surface area contributed by atoms with Crippen molar-refractivity contribution in [2.75, 3.05) is 19.6 Å². The molecule has 0 aliphatic carbocycles. The van der Waals surface area contributed by atoms with E-state index >= 15 is 0 Å². The Balaban J connectivity index is 0.00000261. The summed E-state index contributed by atoms with van der Waals surface area (Å²) in [6.07, 6.45) is -0.103. The highest BCUT2D eigenvalue weighted by molar-refractivity contribution is 6.30. The van der Waals surface area contributed by atoms with Gasteiger partial charge in [-0.15, -0.1) is 12.4 Å². The van der Waals surface area contributed by atoms with Gasteiger partial charge in [0.25, 0.3) is 0 Å². The summed E-state index contributed by atoms with van der Waals surface area (Å²) in [6, 6.07) is 15.0. The van der Waals surface area contributed by atoms with Crippen LogP contribution < -0.4 is 15.4 Å². The predicted octanol–water partition coefficient (Wildman–Crippen LogP) is 2.58.